The third kappa shape index (κ3) is 6.72. The molecular weight excluding hydrogens is 520 g/mol. The lowest BCUT2D eigenvalue weighted by Gasteiger charge is -2.34. The van der Waals surface area contributed by atoms with E-state index in [2.05, 4.69) is 24.3 Å². The topological polar surface area (TPSA) is 66.9 Å². The van der Waals surface area contributed by atoms with Crippen LogP contribution in [0.3, 0.4) is 0 Å². The van der Waals surface area contributed by atoms with Crippen molar-refractivity contribution < 1.29 is 17.9 Å². The predicted molar refractivity (Wildman–Crippen MR) is 158 cm³/mol. The normalized spacial score (nSPS) is 14.1. The first-order chi connectivity index (χ1) is 19.4. The number of ether oxygens (including phenoxy) is 1. The maximum absolute atomic E-state index is 13.8. The number of carbonyl (C=O) groups is 1. The SMILES string of the molecule is Cc1ccc(S(=O)(=O)N(CC(=O)N2CCC(Cc3ccccc3)CC2)c2ccc(Oc3ccccc3)cc2)cc1. The summed E-state index contributed by atoms with van der Waals surface area (Å²) in [5.41, 5.74) is 2.68. The van der Waals surface area contributed by atoms with Crippen LogP contribution in [0.25, 0.3) is 0 Å². The summed E-state index contributed by atoms with van der Waals surface area (Å²) in [5.74, 6) is 1.58. The summed E-state index contributed by atoms with van der Waals surface area (Å²) in [6.45, 7) is 2.89. The number of benzene rings is 4. The van der Waals surface area contributed by atoms with Gasteiger partial charge in [-0.3, -0.25) is 9.10 Å². The number of carbonyl (C=O) groups excluding carboxylic acids is 1. The molecule has 1 fully saturated rings. The minimum absolute atomic E-state index is 0.150. The summed E-state index contributed by atoms with van der Waals surface area (Å²) in [5, 5.41) is 0. The Morgan fingerprint density at radius 2 is 1.38 bits per heavy atom. The van der Waals surface area contributed by atoms with Crippen LogP contribution in [0.2, 0.25) is 0 Å². The fourth-order valence-electron chi connectivity index (χ4n) is 5.01. The van der Waals surface area contributed by atoms with Gasteiger partial charge in [0.15, 0.2) is 0 Å². The van der Waals surface area contributed by atoms with E-state index in [1.54, 1.807) is 53.4 Å². The summed E-state index contributed by atoms with van der Waals surface area (Å²) < 4.78 is 34.7. The highest BCUT2D eigenvalue weighted by atomic mass is 32.2. The largest absolute Gasteiger partial charge is 0.457 e. The molecule has 7 heteroatoms. The van der Waals surface area contributed by atoms with Crippen molar-refractivity contribution in [3.63, 3.8) is 0 Å². The zero-order chi connectivity index (χ0) is 28.0. The van der Waals surface area contributed by atoms with Crippen LogP contribution in [0.1, 0.15) is 24.0 Å². The predicted octanol–water partition coefficient (Wildman–Crippen LogP) is 6.46. The number of hydrogen-bond donors (Lipinski definition) is 0. The summed E-state index contributed by atoms with van der Waals surface area (Å²) in [6, 6.07) is 33.3. The van der Waals surface area contributed by atoms with E-state index in [-0.39, 0.29) is 17.3 Å². The summed E-state index contributed by atoms with van der Waals surface area (Å²) in [6.07, 6.45) is 2.79. The van der Waals surface area contributed by atoms with Gasteiger partial charge < -0.3 is 9.64 Å². The Balaban J connectivity index is 1.32. The summed E-state index contributed by atoms with van der Waals surface area (Å²) in [4.78, 5) is 15.4. The van der Waals surface area contributed by atoms with Crippen LogP contribution >= 0.6 is 0 Å². The molecule has 0 aromatic heterocycles. The molecule has 1 saturated heterocycles. The molecule has 206 valence electrons. The fourth-order valence-corrected chi connectivity index (χ4v) is 6.43. The molecule has 40 heavy (non-hydrogen) atoms. The number of likely N-dealkylation sites (tertiary alicyclic amines) is 1. The van der Waals surface area contributed by atoms with Gasteiger partial charge in [0, 0.05) is 13.1 Å². The second kappa shape index (κ2) is 12.4. The van der Waals surface area contributed by atoms with E-state index < -0.39 is 10.0 Å². The molecule has 1 aliphatic rings. The molecule has 5 rings (SSSR count). The minimum Gasteiger partial charge on any atom is -0.457 e. The second-order valence-electron chi connectivity index (χ2n) is 10.2. The second-order valence-corrected chi connectivity index (χ2v) is 12.1. The van der Waals surface area contributed by atoms with Crippen molar-refractivity contribution in [2.75, 3.05) is 23.9 Å². The molecule has 1 aliphatic heterocycles. The van der Waals surface area contributed by atoms with Gasteiger partial charge >= 0.3 is 0 Å². The van der Waals surface area contributed by atoms with Crippen LogP contribution < -0.4 is 9.04 Å². The van der Waals surface area contributed by atoms with Gasteiger partial charge in [0.1, 0.15) is 18.0 Å². The van der Waals surface area contributed by atoms with Gasteiger partial charge in [0.05, 0.1) is 10.6 Å². The smallest absolute Gasteiger partial charge is 0.264 e. The third-order valence-corrected chi connectivity index (χ3v) is 9.11. The number of sulfonamides is 1. The zero-order valence-corrected chi connectivity index (χ0v) is 23.5. The van der Waals surface area contributed by atoms with Gasteiger partial charge in [-0.25, -0.2) is 8.42 Å². The van der Waals surface area contributed by atoms with Crippen LogP contribution in [0.15, 0.2) is 114 Å². The van der Waals surface area contributed by atoms with Crippen molar-refractivity contribution in [2.45, 2.75) is 31.1 Å². The maximum Gasteiger partial charge on any atom is 0.264 e. The Kier molecular flexibility index (Phi) is 8.51. The Bertz CT molecular complexity index is 1500. The number of nitrogens with zero attached hydrogens (tertiary/aromatic N) is 2. The quantitative estimate of drug-likeness (QED) is 0.238. The monoisotopic (exact) mass is 554 g/mol. The average molecular weight is 555 g/mol. The number of amides is 1. The Morgan fingerprint density at radius 1 is 0.800 bits per heavy atom. The first kappa shape index (κ1) is 27.5. The Labute approximate surface area is 236 Å². The van der Waals surface area contributed by atoms with Crippen LogP contribution in [-0.4, -0.2) is 38.9 Å². The number of hydrogen-bond acceptors (Lipinski definition) is 4. The van der Waals surface area contributed by atoms with Gasteiger partial charge in [-0.15, -0.1) is 0 Å². The molecule has 0 spiro atoms. The van der Waals surface area contributed by atoms with Crippen molar-refractivity contribution in [1.82, 2.24) is 4.90 Å². The van der Waals surface area contributed by atoms with Gasteiger partial charge in [-0.1, -0.05) is 66.2 Å². The lowest BCUT2D eigenvalue weighted by atomic mass is 9.90. The number of piperidine rings is 1. The van der Waals surface area contributed by atoms with E-state index >= 15 is 0 Å². The summed E-state index contributed by atoms with van der Waals surface area (Å²) in [7, 11) is -3.98. The number of anilines is 1. The molecule has 0 unspecified atom stereocenters. The molecule has 0 aliphatic carbocycles. The van der Waals surface area contributed by atoms with Crippen LogP contribution in [0, 0.1) is 12.8 Å². The van der Waals surface area contributed by atoms with E-state index in [9.17, 15) is 13.2 Å². The van der Waals surface area contributed by atoms with Crippen LogP contribution in [0.4, 0.5) is 5.69 Å². The highest BCUT2D eigenvalue weighted by Crippen LogP contribution is 2.29. The number of rotatable bonds is 9. The molecule has 0 N–H and O–H groups in total. The van der Waals surface area contributed by atoms with Crippen molar-refractivity contribution in [3.05, 3.63) is 120 Å². The van der Waals surface area contributed by atoms with Gasteiger partial charge in [-0.2, -0.15) is 0 Å². The van der Waals surface area contributed by atoms with Crippen molar-refractivity contribution in [2.24, 2.45) is 5.92 Å². The van der Waals surface area contributed by atoms with Crippen molar-refractivity contribution in [3.8, 4) is 11.5 Å². The standard InChI is InChI=1S/C33H34N2O4S/c1-26-12-18-32(19-13-26)40(37,38)35(29-14-16-31(17-15-29)39-30-10-6-3-7-11-30)25-33(36)34-22-20-28(21-23-34)24-27-8-4-2-5-9-27/h2-19,28H,20-25H2,1H3. The van der Waals surface area contributed by atoms with E-state index in [0.29, 0.717) is 36.2 Å². The molecular formula is C33H34N2O4S. The molecule has 0 saturated carbocycles. The van der Waals surface area contributed by atoms with Gasteiger partial charge in [0.2, 0.25) is 5.91 Å². The van der Waals surface area contributed by atoms with E-state index in [0.717, 1.165) is 24.8 Å². The molecule has 6 nitrogen and oxygen atoms in total. The average Bonchev–Trinajstić information content (AvgIpc) is 2.98. The fraction of sp³-hybridized carbons (Fsp3) is 0.242. The lowest BCUT2D eigenvalue weighted by molar-refractivity contribution is -0.130. The van der Waals surface area contributed by atoms with E-state index in [1.165, 1.54) is 9.87 Å². The van der Waals surface area contributed by atoms with Gasteiger partial charge in [0.25, 0.3) is 10.0 Å². The van der Waals surface area contributed by atoms with Crippen molar-refractivity contribution >= 4 is 21.6 Å². The Morgan fingerprint density at radius 3 is 2.00 bits per heavy atom. The third-order valence-electron chi connectivity index (χ3n) is 7.33. The maximum atomic E-state index is 13.8. The molecule has 1 heterocycles. The molecule has 4 aromatic rings. The highest BCUT2D eigenvalue weighted by Gasteiger charge is 2.30. The number of para-hydroxylation sites is 1. The molecule has 0 bridgehead atoms. The zero-order valence-electron chi connectivity index (χ0n) is 22.6. The molecule has 4 aromatic carbocycles. The Hall–Kier alpha value is -4.10. The first-order valence-corrected chi connectivity index (χ1v) is 15.1. The van der Waals surface area contributed by atoms with Gasteiger partial charge in [-0.05, 0) is 86.2 Å². The highest BCUT2D eigenvalue weighted by molar-refractivity contribution is 7.92. The van der Waals surface area contributed by atoms with E-state index in [4.69, 9.17) is 4.74 Å². The van der Waals surface area contributed by atoms with Crippen LogP contribution in [-0.2, 0) is 21.2 Å². The van der Waals surface area contributed by atoms with Crippen molar-refractivity contribution in [1.29, 1.82) is 0 Å². The lowest BCUT2D eigenvalue weighted by Crippen LogP contribution is -2.46. The molecule has 0 radical (unpaired) electrons. The van der Waals surface area contributed by atoms with E-state index in [1.807, 2.05) is 43.3 Å². The first-order valence-electron chi connectivity index (χ1n) is 13.6. The van der Waals surface area contributed by atoms with Crippen LogP contribution in [0.5, 0.6) is 11.5 Å². The molecule has 1 amide bonds. The molecule has 0 atom stereocenters. The summed E-state index contributed by atoms with van der Waals surface area (Å²) >= 11 is 0. The number of aryl methyl sites for hydroxylation is 1. The minimum atomic E-state index is -3.98.